The molecule has 0 atom stereocenters. The first-order chi connectivity index (χ1) is 10.1. The average molecular weight is 329 g/mol. The van der Waals surface area contributed by atoms with Gasteiger partial charge in [0.2, 0.25) is 0 Å². The highest BCUT2D eigenvalue weighted by Crippen LogP contribution is 2.37. The van der Waals surface area contributed by atoms with Crippen LogP contribution in [0.3, 0.4) is 0 Å². The van der Waals surface area contributed by atoms with Gasteiger partial charge in [-0.05, 0) is 12.1 Å². The number of thiophene rings is 1. The third-order valence-corrected chi connectivity index (χ3v) is 4.36. The Bertz CT molecular complexity index is 630. The van der Waals surface area contributed by atoms with E-state index >= 15 is 0 Å². The lowest BCUT2D eigenvalue weighted by Crippen LogP contribution is -2.27. The maximum absolute atomic E-state index is 12.1. The number of fused-ring (bicyclic) bond motifs is 1. The van der Waals surface area contributed by atoms with Crippen molar-refractivity contribution in [2.45, 2.75) is 0 Å². The van der Waals surface area contributed by atoms with Crippen molar-refractivity contribution in [2.24, 2.45) is 0 Å². The summed E-state index contributed by atoms with van der Waals surface area (Å²) in [4.78, 5) is 12.6. The minimum absolute atomic E-state index is 0.208. The zero-order valence-electron chi connectivity index (χ0n) is 11.6. The van der Waals surface area contributed by atoms with Crippen molar-refractivity contribution in [1.29, 1.82) is 0 Å². The number of hydrogen-bond acceptors (Lipinski definition) is 5. The molecule has 1 aromatic carbocycles. The first-order valence-electron chi connectivity index (χ1n) is 6.46. The number of nitrogens with two attached hydrogens (primary N) is 1. The van der Waals surface area contributed by atoms with Gasteiger partial charge in [0.05, 0.1) is 30.5 Å². The van der Waals surface area contributed by atoms with Crippen LogP contribution in [0, 0.1) is 0 Å². The summed E-state index contributed by atoms with van der Waals surface area (Å²) in [6.07, 6.45) is 0. The fraction of sp³-hybridized carbons (Fsp3) is 0.357. The van der Waals surface area contributed by atoms with Gasteiger partial charge in [-0.25, -0.2) is 0 Å². The molecule has 114 valence electrons. The molecule has 2 rings (SSSR count). The molecule has 0 bridgehead atoms. The second-order valence-electron chi connectivity index (χ2n) is 4.32. The molecule has 1 amide bonds. The van der Waals surface area contributed by atoms with Gasteiger partial charge in [-0.3, -0.25) is 4.79 Å². The van der Waals surface area contributed by atoms with Gasteiger partial charge in [0.15, 0.2) is 0 Å². The van der Waals surface area contributed by atoms with E-state index in [1.165, 1.54) is 11.3 Å². The van der Waals surface area contributed by atoms with E-state index in [-0.39, 0.29) is 5.91 Å². The molecule has 0 aliphatic heterocycles. The number of methoxy groups -OCH3 is 1. The van der Waals surface area contributed by atoms with E-state index in [0.29, 0.717) is 42.0 Å². The highest BCUT2D eigenvalue weighted by atomic mass is 35.5. The van der Waals surface area contributed by atoms with Crippen LogP contribution in [0.25, 0.3) is 10.1 Å². The number of nitrogen functional groups attached to an aromatic ring is 1. The smallest absolute Gasteiger partial charge is 0.263 e. The van der Waals surface area contributed by atoms with Gasteiger partial charge >= 0.3 is 0 Å². The van der Waals surface area contributed by atoms with Crippen molar-refractivity contribution in [3.05, 3.63) is 28.1 Å². The van der Waals surface area contributed by atoms with Crippen LogP contribution < -0.4 is 11.1 Å². The molecule has 3 N–H and O–H groups in total. The largest absolute Gasteiger partial charge is 0.397 e. The highest BCUT2D eigenvalue weighted by Gasteiger charge is 2.17. The van der Waals surface area contributed by atoms with E-state index in [0.717, 1.165) is 10.1 Å². The SMILES string of the molecule is COCCOCCNC(=O)c1sc2cccc(Cl)c2c1N. The molecular formula is C14H17ClN2O3S. The van der Waals surface area contributed by atoms with Crippen LogP contribution in [0.4, 0.5) is 5.69 Å². The standard InChI is InChI=1S/C14H17ClN2O3S/c1-19-7-8-20-6-5-17-14(18)13-12(16)11-9(15)3-2-4-10(11)21-13/h2-4H,5-8,16H2,1H3,(H,17,18). The number of carbonyl (C=O) groups excluding carboxylic acids is 1. The Morgan fingerprint density at radius 3 is 2.90 bits per heavy atom. The molecule has 0 radical (unpaired) electrons. The highest BCUT2D eigenvalue weighted by molar-refractivity contribution is 7.21. The van der Waals surface area contributed by atoms with Crippen molar-refractivity contribution < 1.29 is 14.3 Å². The number of hydrogen-bond donors (Lipinski definition) is 2. The van der Waals surface area contributed by atoms with E-state index in [4.69, 9.17) is 26.8 Å². The molecule has 21 heavy (non-hydrogen) atoms. The monoisotopic (exact) mass is 328 g/mol. The van der Waals surface area contributed by atoms with Gasteiger partial charge in [-0.1, -0.05) is 17.7 Å². The lowest BCUT2D eigenvalue weighted by Gasteiger charge is -2.05. The Balaban J connectivity index is 1.97. The maximum atomic E-state index is 12.1. The molecule has 0 aliphatic carbocycles. The summed E-state index contributed by atoms with van der Waals surface area (Å²) in [6.45, 7) is 1.90. The summed E-state index contributed by atoms with van der Waals surface area (Å²) < 4.78 is 11.0. The van der Waals surface area contributed by atoms with Gasteiger partial charge in [0, 0.05) is 23.7 Å². The van der Waals surface area contributed by atoms with Crippen LogP contribution >= 0.6 is 22.9 Å². The molecule has 1 heterocycles. The molecule has 1 aromatic heterocycles. The maximum Gasteiger partial charge on any atom is 0.263 e. The van der Waals surface area contributed by atoms with E-state index in [1.54, 1.807) is 13.2 Å². The van der Waals surface area contributed by atoms with Crippen LogP contribution in [0.1, 0.15) is 9.67 Å². The first-order valence-corrected chi connectivity index (χ1v) is 7.66. The Morgan fingerprint density at radius 1 is 1.38 bits per heavy atom. The predicted molar refractivity (Wildman–Crippen MR) is 86.3 cm³/mol. The van der Waals surface area contributed by atoms with E-state index in [1.807, 2.05) is 12.1 Å². The number of amides is 1. The minimum Gasteiger partial charge on any atom is -0.397 e. The van der Waals surface area contributed by atoms with Crippen molar-refractivity contribution >= 4 is 44.6 Å². The summed E-state index contributed by atoms with van der Waals surface area (Å²) in [7, 11) is 1.61. The van der Waals surface area contributed by atoms with Crippen molar-refractivity contribution in [3.63, 3.8) is 0 Å². The normalized spacial score (nSPS) is 11.0. The molecule has 0 fully saturated rings. The average Bonchev–Trinajstić information content (AvgIpc) is 2.81. The fourth-order valence-corrected chi connectivity index (χ4v) is 3.26. The Hall–Kier alpha value is -1.34. The number of ether oxygens (including phenoxy) is 2. The summed E-state index contributed by atoms with van der Waals surface area (Å²) in [6, 6.07) is 5.50. The van der Waals surface area contributed by atoms with Gasteiger partial charge in [-0.15, -0.1) is 11.3 Å². The van der Waals surface area contributed by atoms with Crippen molar-refractivity contribution in [2.75, 3.05) is 39.2 Å². The van der Waals surface area contributed by atoms with E-state index < -0.39 is 0 Å². The molecule has 0 saturated heterocycles. The summed E-state index contributed by atoms with van der Waals surface area (Å²) in [5.74, 6) is -0.208. The zero-order valence-corrected chi connectivity index (χ0v) is 13.2. The minimum atomic E-state index is -0.208. The third-order valence-electron chi connectivity index (χ3n) is 2.87. The molecule has 0 aliphatic rings. The van der Waals surface area contributed by atoms with E-state index in [9.17, 15) is 4.79 Å². The number of nitrogens with one attached hydrogen (secondary N) is 1. The molecule has 0 saturated carbocycles. The van der Waals surface area contributed by atoms with Crippen molar-refractivity contribution in [1.82, 2.24) is 5.32 Å². The molecule has 0 spiro atoms. The summed E-state index contributed by atoms with van der Waals surface area (Å²) >= 11 is 7.45. The summed E-state index contributed by atoms with van der Waals surface area (Å²) in [5, 5.41) is 4.08. The predicted octanol–water partition coefficient (Wildman–Crippen LogP) is 2.53. The Morgan fingerprint density at radius 2 is 2.19 bits per heavy atom. The number of halogens is 1. The Labute approximate surface area is 132 Å². The van der Waals surface area contributed by atoms with Crippen LogP contribution in [-0.2, 0) is 9.47 Å². The van der Waals surface area contributed by atoms with Crippen LogP contribution in [-0.4, -0.2) is 39.4 Å². The van der Waals surface area contributed by atoms with Gasteiger partial charge in [-0.2, -0.15) is 0 Å². The van der Waals surface area contributed by atoms with Gasteiger partial charge in [0.25, 0.3) is 5.91 Å². The summed E-state index contributed by atoms with van der Waals surface area (Å²) in [5.41, 5.74) is 6.46. The lowest BCUT2D eigenvalue weighted by molar-refractivity contribution is 0.0693. The number of carbonyl (C=O) groups is 1. The van der Waals surface area contributed by atoms with Gasteiger partial charge < -0.3 is 20.5 Å². The third kappa shape index (κ3) is 3.85. The lowest BCUT2D eigenvalue weighted by atomic mass is 10.2. The van der Waals surface area contributed by atoms with Crippen molar-refractivity contribution in [3.8, 4) is 0 Å². The Kier molecular flexibility index (Phi) is 5.81. The fourth-order valence-electron chi connectivity index (χ4n) is 1.86. The van der Waals surface area contributed by atoms with Crippen LogP contribution in [0.15, 0.2) is 18.2 Å². The number of benzene rings is 1. The first kappa shape index (κ1) is 16.0. The second-order valence-corrected chi connectivity index (χ2v) is 5.78. The van der Waals surface area contributed by atoms with Crippen LogP contribution in [0.2, 0.25) is 5.02 Å². The quantitative estimate of drug-likeness (QED) is 0.766. The molecule has 5 nitrogen and oxygen atoms in total. The molecular weight excluding hydrogens is 312 g/mol. The topological polar surface area (TPSA) is 73.6 Å². The number of anilines is 1. The molecule has 0 unspecified atom stereocenters. The second kappa shape index (κ2) is 7.61. The van der Waals surface area contributed by atoms with Gasteiger partial charge in [0.1, 0.15) is 4.88 Å². The molecule has 7 heteroatoms. The van der Waals surface area contributed by atoms with E-state index in [2.05, 4.69) is 5.32 Å². The number of rotatable bonds is 7. The molecule has 2 aromatic rings. The van der Waals surface area contributed by atoms with Crippen LogP contribution in [0.5, 0.6) is 0 Å². The zero-order chi connectivity index (χ0) is 15.2.